The van der Waals surface area contributed by atoms with Gasteiger partial charge in [0.2, 0.25) is 0 Å². The van der Waals surface area contributed by atoms with E-state index in [0.717, 1.165) is 23.0 Å². The third-order valence-electron chi connectivity index (χ3n) is 3.33. The molecule has 0 saturated heterocycles. The topological polar surface area (TPSA) is 85.8 Å². The van der Waals surface area contributed by atoms with Gasteiger partial charge in [-0.2, -0.15) is 19.7 Å². The molecule has 0 atom stereocenters. The van der Waals surface area contributed by atoms with Gasteiger partial charge in [0, 0.05) is 30.2 Å². The van der Waals surface area contributed by atoms with Crippen molar-refractivity contribution in [1.29, 1.82) is 0 Å². The van der Waals surface area contributed by atoms with Crippen molar-refractivity contribution in [3.05, 3.63) is 60.4 Å². The lowest BCUT2D eigenvalue weighted by molar-refractivity contribution is 0.675. The first kappa shape index (κ1) is 13.4. The fourth-order valence-electron chi connectivity index (χ4n) is 2.32. The first-order valence-electron chi connectivity index (χ1n) is 7.16. The van der Waals surface area contributed by atoms with Gasteiger partial charge in [-0.1, -0.05) is 6.07 Å². The minimum Gasteiger partial charge on any atom is -0.323 e. The van der Waals surface area contributed by atoms with Crippen LogP contribution in [0, 0.1) is 6.92 Å². The molecule has 0 aliphatic heterocycles. The lowest BCUT2D eigenvalue weighted by Crippen LogP contribution is -2.05. The van der Waals surface area contributed by atoms with Crippen LogP contribution in [0.3, 0.4) is 0 Å². The molecule has 0 spiro atoms. The predicted molar refractivity (Wildman–Crippen MR) is 84.4 cm³/mol. The smallest absolute Gasteiger partial charge is 0.254 e. The van der Waals surface area contributed by atoms with Gasteiger partial charge in [0.15, 0.2) is 5.82 Å². The minimum atomic E-state index is 0.556. The monoisotopic (exact) mass is 306 g/mol. The number of rotatable bonds is 4. The standard InChI is InChI=1S/C15H14N8/c1-11-8-14(23-15(19-11)17-10-18-23)20-13-5-7-22(21-13)9-12-4-2-3-6-16-12/h2-8,10H,9H2,1H3,(H,20,21). The third kappa shape index (κ3) is 2.73. The zero-order chi connectivity index (χ0) is 15.6. The van der Waals surface area contributed by atoms with Gasteiger partial charge in [-0.15, -0.1) is 0 Å². The molecule has 0 bridgehead atoms. The van der Waals surface area contributed by atoms with E-state index in [-0.39, 0.29) is 0 Å². The number of pyridine rings is 1. The number of nitrogens with zero attached hydrogens (tertiary/aromatic N) is 7. The molecule has 0 fully saturated rings. The van der Waals surface area contributed by atoms with Crippen molar-refractivity contribution < 1.29 is 0 Å². The Bertz CT molecular complexity index is 940. The maximum absolute atomic E-state index is 4.51. The molecular weight excluding hydrogens is 292 g/mol. The first-order valence-corrected chi connectivity index (χ1v) is 7.16. The fourth-order valence-corrected chi connectivity index (χ4v) is 2.32. The van der Waals surface area contributed by atoms with Gasteiger partial charge in [0.05, 0.1) is 12.2 Å². The number of anilines is 2. The summed E-state index contributed by atoms with van der Waals surface area (Å²) in [5.74, 6) is 2.05. The highest BCUT2D eigenvalue weighted by Crippen LogP contribution is 2.16. The van der Waals surface area contributed by atoms with Crippen LogP contribution in [0.2, 0.25) is 0 Å². The van der Waals surface area contributed by atoms with Gasteiger partial charge < -0.3 is 5.32 Å². The second-order valence-electron chi connectivity index (χ2n) is 5.10. The zero-order valence-electron chi connectivity index (χ0n) is 12.5. The van der Waals surface area contributed by atoms with Crippen LogP contribution in [0.25, 0.3) is 5.78 Å². The number of hydrogen-bond acceptors (Lipinski definition) is 6. The van der Waals surface area contributed by atoms with Crippen molar-refractivity contribution in [2.24, 2.45) is 0 Å². The molecule has 4 heterocycles. The molecule has 0 aliphatic carbocycles. The van der Waals surface area contributed by atoms with Gasteiger partial charge >= 0.3 is 0 Å². The van der Waals surface area contributed by atoms with Gasteiger partial charge in [-0.05, 0) is 19.1 Å². The molecule has 1 N–H and O–H groups in total. The van der Waals surface area contributed by atoms with E-state index in [4.69, 9.17) is 0 Å². The Balaban J connectivity index is 1.58. The number of aryl methyl sites for hydroxylation is 1. The Labute approximate surface area is 131 Å². The van der Waals surface area contributed by atoms with Crippen LogP contribution < -0.4 is 5.32 Å². The van der Waals surface area contributed by atoms with Gasteiger partial charge in [-0.3, -0.25) is 9.67 Å². The third-order valence-corrected chi connectivity index (χ3v) is 3.33. The molecule has 4 aromatic heterocycles. The van der Waals surface area contributed by atoms with Crippen LogP contribution in [0.15, 0.2) is 49.1 Å². The van der Waals surface area contributed by atoms with Crippen molar-refractivity contribution >= 4 is 17.4 Å². The van der Waals surface area contributed by atoms with Crippen LogP contribution in [-0.4, -0.2) is 34.3 Å². The summed E-state index contributed by atoms with van der Waals surface area (Å²) in [7, 11) is 0. The van der Waals surface area contributed by atoms with Crippen molar-refractivity contribution in [3.63, 3.8) is 0 Å². The lowest BCUT2D eigenvalue weighted by atomic mass is 10.3. The van der Waals surface area contributed by atoms with E-state index < -0.39 is 0 Å². The molecular formula is C15H14N8. The predicted octanol–water partition coefficient (Wildman–Crippen LogP) is 1.82. The lowest BCUT2D eigenvalue weighted by Gasteiger charge is -2.06. The van der Waals surface area contributed by atoms with Crippen molar-refractivity contribution in [3.8, 4) is 0 Å². The number of nitrogens with one attached hydrogen (secondary N) is 1. The quantitative estimate of drug-likeness (QED) is 0.619. The minimum absolute atomic E-state index is 0.556. The zero-order valence-corrected chi connectivity index (χ0v) is 12.5. The molecule has 114 valence electrons. The summed E-state index contributed by atoms with van der Waals surface area (Å²) >= 11 is 0. The Morgan fingerprint density at radius 1 is 1.17 bits per heavy atom. The van der Waals surface area contributed by atoms with E-state index in [1.807, 2.05) is 48.1 Å². The van der Waals surface area contributed by atoms with Gasteiger partial charge in [0.1, 0.15) is 12.1 Å². The van der Waals surface area contributed by atoms with Crippen molar-refractivity contribution in [1.82, 2.24) is 34.3 Å². The average Bonchev–Trinajstić information content (AvgIpc) is 3.17. The molecule has 8 heteroatoms. The SMILES string of the molecule is Cc1cc(Nc2ccn(Cc3ccccn3)n2)n2ncnc2n1. The largest absolute Gasteiger partial charge is 0.323 e. The highest BCUT2D eigenvalue weighted by molar-refractivity contribution is 5.54. The molecule has 0 saturated carbocycles. The second kappa shape index (κ2) is 5.48. The summed E-state index contributed by atoms with van der Waals surface area (Å²) in [5, 5.41) is 11.9. The maximum atomic E-state index is 4.51. The van der Waals surface area contributed by atoms with Crippen LogP contribution in [0.4, 0.5) is 11.6 Å². The van der Waals surface area contributed by atoms with E-state index in [0.29, 0.717) is 12.3 Å². The van der Waals surface area contributed by atoms with Gasteiger partial charge in [-0.25, -0.2) is 4.98 Å². The molecule has 0 radical (unpaired) electrons. The van der Waals surface area contributed by atoms with Crippen LogP contribution in [0.5, 0.6) is 0 Å². The maximum Gasteiger partial charge on any atom is 0.254 e. The van der Waals surface area contributed by atoms with E-state index in [1.165, 1.54) is 6.33 Å². The van der Waals surface area contributed by atoms with Crippen molar-refractivity contribution in [2.45, 2.75) is 13.5 Å². The van der Waals surface area contributed by atoms with E-state index in [2.05, 4.69) is 30.5 Å². The molecule has 23 heavy (non-hydrogen) atoms. The average molecular weight is 306 g/mol. The molecule has 8 nitrogen and oxygen atoms in total. The van der Waals surface area contributed by atoms with Crippen LogP contribution in [-0.2, 0) is 6.54 Å². The summed E-state index contributed by atoms with van der Waals surface area (Å²) in [4.78, 5) is 12.7. The van der Waals surface area contributed by atoms with E-state index in [9.17, 15) is 0 Å². The number of fused-ring (bicyclic) bond motifs is 1. The fraction of sp³-hybridized carbons (Fsp3) is 0.133. The van der Waals surface area contributed by atoms with E-state index in [1.54, 1.807) is 10.7 Å². The summed E-state index contributed by atoms with van der Waals surface area (Å²) in [6.07, 6.45) is 5.16. The Kier molecular flexibility index (Phi) is 3.19. The summed E-state index contributed by atoms with van der Waals surface area (Å²) in [6.45, 7) is 2.54. The van der Waals surface area contributed by atoms with Crippen LogP contribution in [0.1, 0.15) is 11.4 Å². The molecule has 0 aliphatic rings. The highest BCUT2D eigenvalue weighted by atomic mass is 15.4. The molecule has 4 rings (SSSR count). The van der Waals surface area contributed by atoms with Gasteiger partial charge in [0.25, 0.3) is 5.78 Å². The summed E-state index contributed by atoms with van der Waals surface area (Å²) < 4.78 is 3.47. The Morgan fingerprint density at radius 2 is 2.13 bits per heavy atom. The Hall–Kier alpha value is -3.29. The summed E-state index contributed by atoms with van der Waals surface area (Å²) in [6, 6.07) is 9.64. The number of hydrogen-bond donors (Lipinski definition) is 1. The molecule has 0 unspecified atom stereocenters. The normalized spacial score (nSPS) is 11.0. The van der Waals surface area contributed by atoms with Crippen LogP contribution >= 0.6 is 0 Å². The number of aromatic nitrogens is 7. The molecule has 0 amide bonds. The first-order chi connectivity index (χ1) is 11.3. The highest BCUT2D eigenvalue weighted by Gasteiger charge is 2.07. The molecule has 0 aromatic carbocycles. The van der Waals surface area contributed by atoms with E-state index >= 15 is 0 Å². The second-order valence-corrected chi connectivity index (χ2v) is 5.10. The van der Waals surface area contributed by atoms with Crippen molar-refractivity contribution in [2.75, 3.05) is 5.32 Å². The summed E-state index contributed by atoms with van der Waals surface area (Å²) in [5.41, 5.74) is 1.82. The molecule has 4 aromatic rings. The Morgan fingerprint density at radius 3 is 3.00 bits per heavy atom.